The lowest BCUT2D eigenvalue weighted by Gasteiger charge is -2.31. The van der Waals surface area contributed by atoms with E-state index in [1.807, 2.05) is 32.0 Å². The molecule has 5 nitrogen and oxygen atoms in total. The van der Waals surface area contributed by atoms with Gasteiger partial charge in [0.15, 0.2) is 0 Å². The molecule has 0 aliphatic rings. The van der Waals surface area contributed by atoms with Gasteiger partial charge in [0.2, 0.25) is 0 Å². The number of para-hydroxylation sites is 2. The van der Waals surface area contributed by atoms with Crippen LogP contribution in [0.4, 0.5) is 5.69 Å². The standard InChI is InChI=1S/C25H24Cl2N2O3/c1-4-29(25(32)19-10-5-6-11-21(19)30)23(18-13-12-17(26)14-20(18)27)24(31)28-22-15(2)8-7-9-16(22)3/h5-14,23,30H,4H2,1-3H3,(H,28,31)/t23-/m1/s1. The third-order valence-corrected chi connectivity index (χ3v) is 5.84. The molecule has 0 bridgehead atoms. The lowest BCUT2D eigenvalue weighted by atomic mass is 10.0. The lowest BCUT2D eigenvalue weighted by molar-refractivity contribution is -0.120. The van der Waals surface area contributed by atoms with Crippen LogP contribution in [-0.4, -0.2) is 28.4 Å². The number of likely N-dealkylation sites (N-methyl/N-ethyl adjacent to an activating group) is 1. The number of nitrogens with one attached hydrogen (secondary N) is 1. The first-order chi connectivity index (χ1) is 15.2. The number of aromatic hydroxyl groups is 1. The Kier molecular flexibility index (Phi) is 7.44. The van der Waals surface area contributed by atoms with Gasteiger partial charge < -0.3 is 15.3 Å². The van der Waals surface area contributed by atoms with Crippen molar-refractivity contribution >= 4 is 40.7 Å². The molecule has 0 heterocycles. The maximum atomic E-state index is 13.6. The largest absolute Gasteiger partial charge is 0.507 e. The molecule has 32 heavy (non-hydrogen) atoms. The van der Waals surface area contributed by atoms with Crippen molar-refractivity contribution in [2.24, 2.45) is 0 Å². The van der Waals surface area contributed by atoms with Crippen LogP contribution in [0, 0.1) is 13.8 Å². The van der Waals surface area contributed by atoms with Crippen LogP contribution in [0.1, 0.15) is 40.0 Å². The molecule has 3 aromatic rings. The number of nitrogens with zero attached hydrogens (tertiary/aromatic N) is 1. The van der Waals surface area contributed by atoms with Crippen LogP contribution in [-0.2, 0) is 4.79 Å². The van der Waals surface area contributed by atoms with E-state index in [4.69, 9.17) is 23.2 Å². The Morgan fingerprint density at radius 3 is 2.25 bits per heavy atom. The molecule has 2 N–H and O–H groups in total. The molecule has 3 aromatic carbocycles. The first kappa shape index (κ1) is 23.6. The van der Waals surface area contributed by atoms with Crippen molar-refractivity contribution in [1.29, 1.82) is 0 Å². The van der Waals surface area contributed by atoms with E-state index >= 15 is 0 Å². The molecule has 0 saturated heterocycles. The monoisotopic (exact) mass is 470 g/mol. The number of phenolic OH excluding ortho intramolecular Hbond substituents is 1. The highest BCUT2D eigenvalue weighted by molar-refractivity contribution is 6.35. The summed E-state index contributed by atoms with van der Waals surface area (Å²) >= 11 is 12.5. The number of phenols is 1. The second-order valence-corrected chi connectivity index (χ2v) is 8.28. The van der Waals surface area contributed by atoms with Crippen LogP contribution < -0.4 is 5.32 Å². The zero-order valence-electron chi connectivity index (χ0n) is 18.0. The predicted molar refractivity (Wildman–Crippen MR) is 129 cm³/mol. The summed E-state index contributed by atoms with van der Waals surface area (Å²) in [6.07, 6.45) is 0. The molecular weight excluding hydrogens is 447 g/mol. The van der Waals surface area contributed by atoms with E-state index in [0.29, 0.717) is 16.3 Å². The Hall–Kier alpha value is -3.02. The van der Waals surface area contributed by atoms with Crippen molar-refractivity contribution in [2.45, 2.75) is 26.8 Å². The van der Waals surface area contributed by atoms with E-state index in [2.05, 4.69) is 5.32 Å². The molecule has 0 aliphatic heterocycles. The number of anilines is 1. The van der Waals surface area contributed by atoms with Gasteiger partial charge in [-0.1, -0.05) is 59.6 Å². The normalized spacial score (nSPS) is 11.7. The molecule has 0 fully saturated rings. The van der Waals surface area contributed by atoms with E-state index in [1.165, 1.54) is 23.1 Å². The van der Waals surface area contributed by atoms with Gasteiger partial charge in [-0.25, -0.2) is 0 Å². The van der Waals surface area contributed by atoms with Crippen LogP contribution >= 0.6 is 23.2 Å². The summed E-state index contributed by atoms with van der Waals surface area (Å²) in [4.78, 5) is 28.4. The van der Waals surface area contributed by atoms with Gasteiger partial charge in [0.1, 0.15) is 11.8 Å². The maximum absolute atomic E-state index is 13.6. The van der Waals surface area contributed by atoms with Crippen molar-refractivity contribution < 1.29 is 14.7 Å². The molecular formula is C25H24Cl2N2O3. The molecule has 0 aliphatic carbocycles. The minimum Gasteiger partial charge on any atom is -0.507 e. The summed E-state index contributed by atoms with van der Waals surface area (Å²) in [5, 5.41) is 13.9. The molecule has 0 unspecified atom stereocenters. The minimum absolute atomic E-state index is 0.101. The highest BCUT2D eigenvalue weighted by Crippen LogP contribution is 2.33. The highest BCUT2D eigenvalue weighted by Gasteiger charge is 2.34. The number of carbonyl (C=O) groups is 2. The Labute approximate surface area is 197 Å². The van der Waals surface area contributed by atoms with E-state index in [-0.39, 0.29) is 22.9 Å². The van der Waals surface area contributed by atoms with Crippen LogP contribution in [0.2, 0.25) is 10.0 Å². The van der Waals surface area contributed by atoms with Crippen molar-refractivity contribution in [3.8, 4) is 5.75 Å². The second-order valence-electron chi connectivity index (χ2n) is 7.43. The quantitative estimate of drug-likeness (QED) is 0.453. The lowest BCUT2D eigenvalue weighted by Crippen LogP contribution is -2.41. The number of hydrogen-bond acceptors (Lipinski definition) is 3. The molecule has 7 heteroatoms. The molecule has 166 valence electrons. The Balaban J connectivity index is 2.10. The van der Waals surface area contributed by atoms with Gasteiger partial charge in [0.25, 0.3) is 11.8 Å². The molecule has 3 rings (SSSR count). The zero-order valence-corrected chi connectivity index (χ0v) is 19.5. The SMILES string of the molecule is CCN(C(=O)c1ccccc1O)[C@@H](C(=O)Nc1c(C)cccc1C)c1ccc(Cl)cc1Cl. The van der Waals surface area contributed by atoms with Gasteiger partial charge in [0.05, 0.1) is 5.56 Å². The van der Waals surface area contributed by atoms with Crippen LogP contribution in [0.3, 0.4) is 0 Å². The molecule has 0 aromatic heterocycles. The van der Waals surface area contributed by atoms with Crippen LogP contribution in [0.25, 0.3) is 0 Å². The maximum Gasteiger partial charge on any atom is 0.258 e. The summed E-state index contributed by atoms with van der Waals surface area (Å²) in [5.74, 6) is -1.07. The average Bonchev–Trinajstić information content (AvgIpc) is 2.75. The number of halogens is 2. The molecule has 0 spiro atoms. The van der Waals surface area contributed by atoms with Gasteiger partial charge in [-0.05, 0) is 56.2 Å². The van der Waals surface area contributed by atoms with Crippen molar-refractivity contribution in [3.05, 3.63) is 93.0 Å². The zero-order chi connectivity index (χ0) is 23.4. The fraction of sp³-hybridized carbons (Fsp3) is 0.200. The van der Waals surface area contributed by atoms with Crippen LogP contribution in [0.5, 0.6) is 5.75 Å². The third kappa shape index (κ3) is 4.90. The number of benzene rings is 3. The van der Waals surface area contributed by atoms with Gasteiger partial charge >= 0.3 is 0 Å². The van der Waals surface area contributed by atoms with E-state index in [1.54, 1.807) is 31.2 Å². The summed E-state index contributed by atoms with van der Waals surface area (Å²) in [5.41, 5.74) is 3.01. The van der Waals surface area contributed by atoms with E-state index in [0.717, 1.165) is 11.1 Å². The smallest absolute Gasteiger partial charge is 0.258 e. The summed E-state index contributed by atoms with van der Waals surface area (Å²) < 4.78 is 0. The van der Waals surface area contributed by atoms with Crippen LogP contribution in [0.15, 0.2) is 60.7 Å². The fourth-order valence-electron chi connectivity index (χ4n) is 3.63. The van der Waals surface area contributed by atoms with Gasteiger partial charge in [-0.15, -0.1) is 0 Å². The van der Waals surface area contributed by atoms with Crippen molar-refractivity contribution in [2.75, 3.05) is 11.9 Å². The third-order valence-electron chi connectivity index (χ3n) is 5.28. The fourth-order valence-corrected chi connectivity index (χ4v) is 4.14. The summed E-state index contributed by atoms with van der Waals surface area (Å²) in [6, 6.07) is 15.7. The molecule has 0 radical (unpaired) electrons. The van der Waals surface area contributed by atoms with E-state index < -0.39 is 17.9 Å². The van der Waals surface area contributed by atoms with Gasteiger partial charge in [0, 0.05) is 27.8 Å². The van der Waals surface area contributed by atoms with E-state index in [9.17, 15) is 14.7 Å². The summed E-state index contributed by atoms with van der Waals surface area (Å²) in [7, 11) is 0. The first-order valence-corrected chi connectivity index (χ1v) is 10.9. The predicted octanol–water partition coefficient (Wildman–Crippen LogP) is 6.16. The van der Waals surface area contributed by atoms with Gasteiger partial charge in [-0.3, -0.25) is 9.59 Å². The Bertz CT molecular complexity index is 1140. The number of rotatable bonds is 6. The molecule has 1 atom stereocenters. The highest BCUT2D eigenvalue weighted by atomic mass is 35.5. The number of hydrogen-bond donors (Lipinski definition) is 2. The molecule has 2 amide bonds. The Morgan fingerprint density at radius 2 is 1.66 bits per heavy atom. The average molecular weight is 471 g/mol. The first-order valence-electron chi connectivity index (χ1n) is 10.2. The van der Waals surface area contributed by atoms with Gasteiger partial charge in [-0.2, -0.15) is 0 Å². The Morgan fingerprint density at radius 1 is 1.00 bits per heavy atom. The topological polar surface area (TPSA) is 69.6 Å². The van der Waals surface area contributed by atoms with Crippen molar-refractivity contribution in [1.82, 2.24) is 4.90 Å². The summed E-state index contributed by atoms with van der Waals surface area (Å²) in [6.45, 7) is 5.77. The second kappa shape index (κ2) is 10.1. The van der Waals surface area contributed by atoms with Crippen molar-refractivity contribution in [3.63, 3.8) is 0 Å². The number of aryl methyl sites for hydroxylation is 2. The molecule has 0 saturated carbocycles. The minimum atomic E-state index is -1.05. The number of amides is 2. The number of carbonyl (C=O) groups excluding carboxylic acids is 2.